The average molecular weight is 199 g/mol. The molecule has 2 aromatic rings. The molecule has 2 nitrogen and oxygen atoms in total. The Morgan fingerprint density at radius 3 is 3.07 bits per heavy atom. The van der Waals surface area contributed by atoms with Gasteiger partial charge in [-0.1, -0.05) is 25.1 Å². The van der Waals surface area contributed by atoms with E-state index in [0.717, 1.165) is 6.42 Å². The molecule has 1 aromatic heterocycles. The molecule has 1 aliphatic rings. The van der Waals surface area contributed by atoms with Gasteiger partial charge in [-0.15, -0.1) is 0 Å². The fourth-order valence-electron chi connectivity index (χ4n) is 2.19. The molecule has 0 bridgehead atoms. The fourth-order valence-corrected chi connectivity index (χ4v) is 2.19. The first-order valence-corrected chi connectivity index (χ1v) is 5.32. The van der Waals surface area contributed by atoms with Crippen LogP contribution in [-0.2, 0) is 4.74 Å². The predicted molar refractivity (Wildman–Crippen MR) is 61.4 cm³/mol. The van der Waals surface area contributed by atoms with Gasteiger partial charge in [0.25, 0.3) is 0 Å². The lowest BCUT2D eigenvalue weighted by molar-refractivity contribution is 0.137. The summed E-state index contributed by atoms with van der Waals surface area (Å²) in [6.07, 6.45) is 5.01. The van der Waals surface area contributed by atoms with E-state index in [1.807, 2.05) is 6.08 Å². The molecule has 1 N–H and O–H groups in total. The van der Waals surface area contributed by atoms with E-state index in [1.165, 1.54) is 22.2 Å². The zero-order valence-electron chi connectivity index (χ0n) is 8.66. The van der Waals surface area contributed by atoms with E-state index in [1.54, 1.807) is 6.26 Å². The standard InChI is InChI=1S/C13H13NO/c1-2-12-13-10(7-8-15-12)9-5-3-4-6-11(9)14-13/h3-8,12,14H,2H2,1H3. The first-order chi connectivity index (χ1) is 7.40. The minimum absolute atomic E-state index is 0.178. The molecule has 0 spiro atoms. The van der Waals surface area contributed by atoms with E-state index in [0.29, 0.717) is 0 Å². The molecule has 1 aromatic carbocycles. The molecule has 2 heterocycles. The van der Waals surface area contributed by atoms with Crippen molar-refractivity contribution in [1.82, 2.24) is 4.98 Å². The van der Waals surface area contributed by atoms with Crippen LogP contribution in [0.3, 0.4) is 0 Å². The van der Waals surface area contributed by atoms with Crippen LogP contribution >= 0.6 is 0 Å². The number of benzene rings is 1. The van der Waals surface area contributed by atoms with Crippen LogP contribution in [0, 0.1) is 0 Å². The Morgan fingerprint density at radius 2 is 2.20 bits per heavy atom. The highest BCUT2D eigenvalue weighted by Crippen LogP contribution is 2.34. The van der Waals surface area contributed by atoms with Crippen LogP contribution in [0.25, 0.3) is 17.0 Å². The summed E-state index contributed by atoms with van der Waals surface area (Å²) in [4.78, 5) is 3.44. The molecule has 0 aliphatic carbocycles. The van der Waals surface area contributed by atoms with Gasteiger partial charge < -0.3 is 9.72 Å². The third-order valence-corrected chi connectivity index (χ3v) is 2.95. The number of hydrogen-bond donors (Lipinski definition) is 1. The minimum Gasteiger partial charge on any atom is -0.492 e. The van der Waals surface area contributed by atoms with E-state index in [9.17, 15) is 0 Å². The van der Waals surface area contributed by atoms with Gasteiger partial charge in [0.05, 0.1) is 12.0 Å². The maximum absolute atomic E-state index is 5.57. The Balaban J connectivity index is 2.30. The van der Waals surface area contributed by atoms with Crippen LogP contribution in [0.4, 0.5) is 0 Å². The molecule has 1 aliphatic heterocycles. The molecule has 3 rings (SSSR count). The van der Waals surface area contributed by atoms with Crippen LogP contribution in [-0.4, -0.2) is 4.98 Å². The van der Waals surface area contributed by atoms with Gasteiger partial charge in [-0.05, 0) is 18.6 Å². The topological polar surface area (TPSA) is 25.0 Å². The Hall–Kier alpha value is -1.70. The van der Waals surface area contributed by atoms with Gasteiger partial charge in [0.2, 0.25) is 0 Å². The van der Waals surface area contributed by atoms with Gasteiger partial charge in [-0.2, -0.15) is 0 Å². The molecule has 76 valence electrons. The second-order valence-corrected chi connectivity index (χ2v) is 3.83. The van der Waals surface area contributed by atoms with Crippen LogP contribution in [0.15, 0.2) is 30.5 Å². The highest BCUT2D eigenvalue weighted by molar-refractivity contribution is 5.90. The molecular formula is C13H13NO. The number of hydrogen-bond acceptors (Lipinski definition) is 1. The molecule has 2 heteroatoms. The monoisotopic (exact) mass is 199 g/mol. The molecule has 0 radical (unpaired) electrons. The van der Waals surface area contributed by atoms with Crippen molar-refractivity contribution in [3.8, 4) is 0 Å². The Labute approximate surface area is 88.6 Å². The van der Waals surface area contributed by atoms with Gasteiger partial charge >= 0.3 is 0 Å². The van der Waals surface area contributed by atoms with Crippen LogP contribution in [0.5, 0.6) is 0 Å². The van der Waals surface area contributed by atoms with E-state index in [4.69, 9.17) is 4.74 Å². The second kappa shape index (κ2) is 3.16. The number of aromatic nitrogens is 1. The molecule has 1 unspecified atom stereocenters. The zero-order valence-corrected chi connectivity index (χ0v) is 8.66. The number of ether oxygens (including phenoxy) is 1. The van der Waals surface area contributed by atoms with Crippen molar-refractivity contribution in [3.63, 3.8) is 0 Å². The molecule has 1 atom stereocenters. The van der Waals surface area contributed by atoms with Crippen molar-refractivity contribution in [2.75, 3.05) is 0 Å². The van der Waals surface area contributed by atoms with Crippen LogP contribution < -0.4 is 0 Å². The molecule has 15 heavy (non-hydrogen) atoms. The zero-order chi connectivity index (χ0) is 10.3. The SMILES string of the molecule is CCC1OC=Cc2c1[nH]c1ccccc21. The second-order valence-electron chi connectivity index (χ2n) is 3.83. The fraction of sp³-hybridized carbons (Fsp3) is 0.231. The van der Waals surface area contributed by atoms with Crippen molar-refractivity contribution in [2.45, 2.75) is 19.4 Å². The molecular weight excluding hydrogens is 186 g/mol. The van der Waals surface area contributed by atoms with Gasteiger partial charge in [-0.25, -0.2) is 0 Å². The number of nitrogens with one attached hydrogen (secondary N) is 1. The Kier molecular flexibility index (Phi) is 1.81. The van der Waals surface area contributed by atoms with E-state index < -0.39 is 0 Å². The largest absolute Gasteiger partial charge is 0.492 e. The number of fused-ring (bicyclic) bond motifs is 3. The number of rotatable bonds is 1. The third kappa shape index (κ3) is 1.18. The van der Waals surface area contributed by atoms with Crippen molar-refractivity contribution < 1.29 is 4.74 Å². The van der Waals surface area contributed by atoms with Gasteiger partial charge in [0, 0.05) is 16.5 Å². The van der Waals surface area contributed by atoms with Crippen LogP contribution in [0.1, 0.15) is 30.7 Å². The highest BCUT2D eigenvalue weighted by Gasteiger charge is 2.20. The van der Waals surface area contributed by atoms with E-state index in [2.05, 4.69) is 36.2 Å². The lowest BCUT2D eigenvalue weighted by Gasteiger charge is -2.18. The van der Waals surface area contributed by atoms with Crippen molar-refractivity contribution in [3.05, 3.63) is 41.8 Å². The van der Waals surface area contributed by atoms with Crippen LogP contribution in [0.2, 0.25) is 0 Å². The number of H-pyrrole nitrogens is 1. The first kappa shape index (κ1) is 8.60. The smallest absolute Gasteiger partial charge is 0.138 e. The lowest BCUT2D eigenvalue weighted by Crippen LogP contribution is -2.04. The molecule has 0 saturated heterocycles. The predicted octanol–water partition coefficient (Wildman–Crippen LogP) is 3.62. The summed E-state index contributed by atoms with van der Waals surface area (Å²) in [5.74, 6) is 0. The van der Waals surface area contributed by atoms with Gasteiger partial charge in [-0.3, -0.25) is 0 Å². The lowest BCUT2D eigenvalue weighted by atomic mass is 10.0. The summed E-state index contributed by atoms with van der Waals surface area (Å²) in [6, 6.07) is 8.37. The molecule has 0 amide bonds. The number of para-hydroxylation sites is 1. The number of aromatic amines is 1. The first-order valence-electron chi connectivity index (χ1n) is 5.32. The minimum atomic E-state index is 0.178. The summed E-state index contributed by atoms with van der Waals surface area (Å²) in [5, 5.41) is 1.28. The van der Waals surface area contributed by atoms with E-state index >= 15 is 0 Å². The maximum atomic E-state index is 5.57. The summed E-state index contributed by atoms with van der Waals surface area (Å²) >= 11 is 0. The van der Waals surface area contributed by atoms with Gasteiger partial charge in [0.15, 0.2) is 0 Å². The third-order valence-electron chi connectivity index (χ3n) is 2.95. The summed E-state index contributed by atoms with van der Waals surface area (Å²) in [5.41, 5.74) is 3.68. The quantitative estimate of drug-likeness (QED) is 0.745. The van der Waals surface area contributed by atoms with Crippen molar-refractivity contribution >= 4 is 17.0 Å². The maximum Gasteiger partial charge on any atom is 0.138 e. The van der Waals surface area contributed by atoms with E-state index in [-0.39, 0.29) is 6.10 Å². The Bertz CT molecular complexity index is 524. The normalized spacial score (nSPS) is 18.9. The van der Waals surface area contributed by atoms with Crippen molar-refractivity contribution in [1.29, 1.82) is 0 Å². The summed E-state index contributed by atoms with van der Waals surface area (Å²) in [6.45, 7) is 2.14. The molecule has 0 saturated carbocycles. The summed E-state index contributed by atoms with van der Waals surface area (Å²) < 4.78 is 5.57. The van der Waals surface area contributed by atoms with Crippen molar-refractivity contribution in [2.24, 2.45) is 0 Å². The highest BCUT2D eigenvalue weighted by atomic mass is 16.5. The summed E-state index contributed by atoms with van der Waals surface area (Å²) in [7, 11) is 0. The van der Waals surface area contributed by atoms with Gasteiger partial charge in [0.1, 0.15) is 6.10 Å². The molecule has 0 fully saturated rings. The Morgan fingerprint density at radius 1 is 1.33 bits per heavy atom. The average Bonchev–Trinajstić information content (AvgIpc) is 2.67.